The molecular weight excluding hydrogens is 455 g/mol. The largest absolute Gasteiger partial charge is 0.497 e. The second-order valence-electron chi connectivity index (χ2n) is 7.89. The number of ether oxygens (including phenoxy) is 2. The van der Waals surface area contributed by atoms with Gasteiger partial charge < -0.3 is 25.8 Å². The Balaban J connectivity index is 1.57. The van der Waals surface area contributed by atoms with Gasteiger partial charge in [0.2, 0.25) is 17.7 Å². The van der Waals surface area contributed by atoms with Gasteiger partial charge in [0.1, 0.15) is 28.4 Å². The quantitative estimate of drug-likeness (QED) is 0.484. The number of nitrogens with two attached hydrogens (primary N) is 1. The van der Waals surface area contributed by atoms with Crippen molar-refractivity contribution >= 4 is 17.7 Å². The van der Waals surface area contributed by atoms with Crippen LogP contribution in [0, 0.1) is 0 Å². The minimum absolute atomic E-state index is 0.0586. The number of amides is 3. The molecule has 1 saturated carbocycles. The number of nitrogens with one attached hydrogen (secondary N) is 2. The van der Waals surface area contributed by atoms with Gasteiger partial charge in [0.15, 0.2) is 0 Å². The first-order chi connectivity index (χ1) is 16.0. The number of carbonyl (C=O) groups excluding carboxylic acids is 3. The van der Waals surface area contributed by atoms with Gasteiger partial charge in [-0.1, -0.05) is 12.1 Å². The Kier molecular flexibility index (Phi) is 7.33. The predicted molar refractivity (Wildman–Crippen MR) is 115 cm³/mol. The lowest BCUT2D eigenvalue weighted by molar-refractivity contribution is -0.138. The zero-order valence-electron chi connectivity index (χ0n) is 18.3. The summed E-state index contributed by atoms with van der Waals surface area (Å²) in [7, 11) is 1.27. The van der Waals surface area contributed by atoms with E-state index in [1.165, 1.54) is 31.4 Å². The van der Waals surface area contributed by atoms with E-state index in [1.54, 1.807) is 12.1 Å². The van der Waals surface area contributed by atoms with E-state index in [4.69, 9.17) is 15.2 Å². The Morgan fingerprint density at radius 1 is 1.03 bits per heavy atom. The molecule has 0 saturated heterocycles. The SMILES string of the molecule is COc1ccc(Oc2ccc(CNC(=O)C3(NC(=O)CCC(N)=O)CC3)cc2)c(C(F)(F)F)c1. The number of benzene rings is 2. The Morgan fingerprint density at radius 2 is 1.68 bits per heavy atom. The van der Waals surface area contributed by atoms with Crippen LogP contribution >= 0.6 is 0 Å². The van der Waals surface area contributed by atoms with Crippen molar-refractivity contribution < 1.29 is 37.0 Å². The molecule has 1 aliphatic carbocycles. The van der Waals surface area contributed by atoms with Crippen molar-refractivity contribution in [1.29, 1.82) is 0 Å². The van der Waals surface area contributed by atoms with Gasteiger partial charge in [-0.05, 0) is 48.7 Å². The maximum absolute atomic E-state index is 13.3. The van der Waals surface area contributed by atoms with Crippen molar-refractivity contribution in [3.05, 3.63) is 53.6 Å². The van der Waals surface area contributed by atoms with Crippen LogP contribution in [0.15, 0.2) is 42.5 Å². The third kappa shape index (κ3) is 6.40. The van der Waals surface area contributed by atoms with Crippen LogP contribution in [0.4, 0.5) is 13.2 Å². The zero-order chi connectivity index (χ0) is 24.9. The number of carbonyl (C=O) groups is 3. The van der Waals surface area contributed by atoms with Gasteiger partial charge in [-0.25, -0.2) is 0 Å². The highest BCUT2D eigenvalue weighted by Crippen LogP contribution is 2.40. The van der Waals surface area contributed by atoms with E-state index in [2.05, 4.69) is 10.6 Å². The number of halogens is 3. The first kappa shape index (κ1) is 24.9. The molecule has 3 amide bonds. The normalized spacial score (nSPS) is 14.1. The Hall–Kier alpha value is -3.76. The fraction of sp³-hybridized carbons (Fsp3) is 0.348. The van der Waals surface area contributed by atoms with Crippen LogP contribution in [0.2, 0.25) is 0 Å². The summed E-state index contributed by atoms with van der Waals surface area (Å²) in [5.74, 6) is -1.50. The maximum atomic E-state index is 13.3. The minimum atomic E-state index is -4.62. The fourth-order valence-corrected chi connectivity index (χ4v) is 3.20. The number of alkyl halides is 3. The molecule has 0 atom stereocenters. The van der Waals surface area contributed by atoms with Gasteiger partial charge in [0.25, 0.3) is 0 Å². The van der Waals surface area contributed by atoms with Gasteiger partial charge >= 0.3 is 6.18 Å². The van der Waals surface area contributed by atoms with Crippen LogP contribution < -0.4 is 25.8 Å². The molecule has 3 rings (SSSR count). The van der Waals surface area contributed by atoms with E-state index in [-0.39, 0.29) is 42.5 Å². The summed E-state index contributed by atoms with van der Waals surface area (Å²) >= 11 is 0. The highest BCUT2D eigenvalue weighted by molar-refractivity contribution is 5.94. The highest BCUT2D eigenvalue weighted by atomic mass is 19.4. The Labute approximate surface area is 193 Å². The van der Waals surface area contributed by atoms with Gasteiger partial charge in [-0.3, -0.25) is 14.4 Å². The average molecular weight is 479 g/mol. The third-order valence-electron chi connectivity index (χ3n) is 5.26. The summed E-state index contributed by atoms with van der Waals surface area (Å²) in [4.78, 5) is 35.2. The van der Waals surface area contributed by atoms with Crippen LogP contribution in [-0.4, -0.2) is 30.4 Å². The summed E-state index contributed by atoms with van der Waals surface area (Å²) in [6, 6.07) is 9.61. The van der Waals surface area contributed by atoms with Gasteiger partial charge in [-0.15, -0.1) is 0 Å². The lowest BCUT2D eigenvalue weighted by atomic mass is 10.1. The number of methoxy groups -OCH3 is 1. The highest BCUT2D eigenvalue weighted by Gasteiger charge is 2.50. The average Bonchev–Trinajstić information content (AvgIpc) is 3.57. The molecule has 0 unspecified atom stereocenters. The molecule has 0 aromatic heterocycles. The van der Waals surface area contributed by atoms with Crippen LogP contribution in [0.1, 0.15) is 36.8 Å². The summed E-state index contributed by atoms with van der Waals surface area (Å²) < 4.78 is 50.3. The van der Waals surface area contributed by atoms with Crippen LogP contribution in [0.5, 0.6) is 17.2 Å². The lowest BCUT2D eigenvalue weighted by Crippen LogP contribution is -2.48. The van der Waals surface area contributed by atoms with E-state index in [9.17, 15) is 27.6 Å². The fourth-order valence-electron chi connectivity index (χ4n) is 3.20. The van der Waals surface area contributed by atoms with Crippen molar-refractivity contribution in [2.75, 3.05) is 7.11 Å². The second kappa shape index (κ2) is 10.0. The molecule has 2 aromatic rings. The Bertz CT molecular complexity index is 1070. The molecule has 11 heteroatoms. The second-order valence-corrected chi connectivity index (χ2v) is 7.89. The summed E-state index contributed by atoms with van der Waals surface area (Å²) in [5, 5.41) is 5.38. The van der Waals surface area contributed by atoms with Crippen molar-refractivity contribution in [2.45, 2.75) is 43.9 Å². The van der Waals surface area contributed by atoms with Gasteiger partial charge in [0, 0.05) is 19.4 Å². The molecule has 0 spiro atoms. The molecule has 1 fully saturated rings. The first-order valence-electron chi connectivity index (χ1n) is 10.4. The van der Waals surface area contributed by atoms with E-state index in [1.807, 2.05) is 0 Å². The molecule has 8 nitrogen and oxygen atoms in total. The molecule has 0 radical (unpaired) electrons. The smallest absolute Gasteiger partial charge is 0.420 e. The topological polar surface area (TPSA) is 120 Å². The maximum Gasteiger partial charge on any atom is 0.420 e. The van der Waals surface area contributed by atoms with Crippen LogP contribution in [0.25, 0.3) is 0 Å². The number of rotatable bonds is 10. The third-order valence-corrected chi connectivity index (χ3v) is 5.26. The van der Waals surface area contributed by atoms with Gasteiger partial charge in [-0.2, -0.15) is 13.2 Å². The van der Waals surface area contributed by atoms with E-state index < -0.39 is 29.1 Å². The predicted octanol–water partition coefficient (Wildman–Crippen LogP) is 3.04. The minimum Gasteiger partial charge on any atom is -0.497 e. The standard InChI is InChI=1S/C23H24F3N3O5/c1-33-16-6-7-18(17(12-16)23(24,25)26)34-15-4-2-14(3-5-15)13-28-21(32)22(10-11-22)29-20(31)9-8-19(27)30/h2-7,12H,8-11,13H2,1H3,(H2,27,30)(H,28,32)(H,29,31). The van der Waals surface area contributed by atoms with Crippen molar-refractivity contribution in [3.8, 4) is 17.2 Å². The first-order valence-corrected chi connectivity index (χ1v) is 10.4. The molecule has 1 aliphatic rings. The molecule has 0 bridgehead atoms. The van der Waals surface area contributed by atoms with E-state index >= 15 is 0 Å². The Morgan fingerprint density at radius 3 is 2.24 bits per heavy atom. The van der Waals surface area contributed by atoms with Crippen molar-refractivity contribution in [1.82, 2.24) is 10.6 Å². The molecule has 182 valence electrons. The van der Waals surface area contributed by atoms with Crippen molar-refractivity contribution in [2.24, 2.45) is 5.73 Å². The summed E-state index contributed by atoms with van der Waals surface area (Å²) in [5.41, 5.74) is 3.76. The molecule has 0 heterocycles. The molecular formula is C23H24F3N3O5. The summed E-state index contributed by atoms with van der Waals surface area (Å²) in [6.45, 7) is 0.147. The van der Waals surface area contributed by atoms with E-state index in [0.717, 1.165) is 6.07 Å². The summed E-state index contributed by atoms with van der Waals surface area (Å²) in [6.07, 6.45) is -3.84. The van der Waals surface area contributed by atoms with Gasteiger partial charge in [0.05, 0.1) is 7.11 Å². The molecule has 34 heavy (non-hydrogen) atoms. The number of primary amides is 1. The van der Waals surface area contributed by atoms with E-state index in [0.29, 0.717) is 18.4 Å². The van der Waals surface area contributed by atoms with Crippen molar-refractivity contribution in [3.63, 3.8) is 0 Å². The van der Waals surface area contributed by atoms with Crippen LogP contribution in [-0.2, 0) is 27.1 Å². The number of hydrogen-bond donors (Lipinski definition) is 3. The monoisotopic (exact) mass is 479 g/mol. The molecule has 2 aromatic carbocycles. The van der Waals surface area contributed by atoms with Crippen LogP contribution in [0.3, 0.4) is 0 Å². The molecule has 4 N–H and O–H groups in total. The molecule has 0 aliphatic heterocycles. The number of hydrogen-bond acceptors (Lipinski definition) is 5. The lowest BCUT2D eigenvalue weighted by Gasteiger charge is -2.17. The zero-order valence-corrected chi connectivity index (χ0v) is 18.3.